The second-order valence-corrected chi connectivity index (χ2v) is 5.08. The minimum absolute atomic E-state index is 0.0751. The number of aliphatic hydroxyl groups excluding tert-OH is 1. The van der Waals surface area contributed by atoms with Crippen molar-refractivity contribution in [1.29, 1.82) is 0 Å². The number of nitrogens with zero attached hydrogens (tertiary/aromatic N) is 2. The van der Waals surface area contributed by atoms with Gasteiger partial charge >= 0.3 is 0 Å². The van der Waals surface area contributed by atoms with Gasteiger partial charge in [-0.3, -0.25) is 0 Å². The molecule has 0 aromatic heterocycles. The van der Waals surface area contributed by atoms with E-state index in [0.29, 0.717) is 0 Å². The third-order valence-electron chi connectivity index (χ3n) is 4.08. The Bertz CT molecular complexity index is 665. The lowest BCUT2D eigenvalue weighted by atomic mass is 9.96. The summed E-state index contributed by atoms with van der Waals surface area (Å²) >= 11 is 0. The lowest BCUT2D eigenvalue weighted by Crippen LogP contribution is -2.45. The molecular formula is C16H14N2O. The first-order chi connectivity index (χ1) is 9.27. The molecule has 3 nitrogen and oxygen atoms in total. The van der Waals surface area contributed by atoms with E-state index in [1.165, 1.54) is 5.57 Å². The highest BCUT2D eigenvalue weighted by Gasteiger charge is 2.41. The third-order valence-corrected chi connectivity index (χ3v) is 4.08. The normalized spacial score (nSPS) is 30.6. The van der Waals surface area contributed by atoms with Crippen LogP contribution in [0.25, 0.3) is 0 Å². The molecule has 0 aromatic rings. The molecule has 0 fully saturated rings. The Labute approximate surface area is 112 Å². The van der Waals surface area contributed by atoms with Gasteiger partial charge in [0.05, 0.1) is 12.1 Å². The molecule has 0 radical (unpaired) electrons. The smallest absolute Gasteiger partial charge is 0.218 e. The van der Waals surface area contributed by atoms with Gasteiger partial charge < -0.3 is 10.0 Å². The van der Waals surface area contributed by atoms with Gasteiger partial charge in [0.1, 0.15) is 5.84 Å². The predicted molar refractivity (Wildman–Crippen MR) is 75.8 cm³/mol. The van der Waals surface area contributed by atoms with Gasteiger partial charge in [0.15, 0.2) is 0 Å². The van der Waals surface area contributed by atoms with Gasteiger partial charge in [-0.05, 0) is 18.1 Å². The summed E-state index contributed by atoms with van der Waals surface area (Å²) in [5.74, 6) is 1.03. The Kier molecular flexibility index (Phi) is 2.01. The summed E-state index contributed by atoms with van der Waals surface area (Å²) in [4.78, 5) is 6.68. The Morgan fingerprint density at radius 3 is 2.37 bits per heavy atom. The minimum atomic E-state index is 0.0751. The molecule has 0 saturated carbocycles. The second-order valence-electron chi connectivity index (χ2n) is 5.08. The molecule has 2 aliphatic carbocycles. The topological polar surface area (TPSA) is 35.8 Å². The maximum absolute atomic E-state index is 10.1. The average Bonchev–Trinajstić information content (AvgIpc) is 2.73. The van der Waals surface area contributed by atoms with Crippen molar-refractivity contribution in [3.05, 3.63) is 71.2 Å². The van der Waals surface area contributed by atoms with Crippen molar-refractivity contribution >= 4 is 5.84 Å². The van der Waals surface area contributed by atoms with E-state index in [9.17, 15) is 5.11 Å². The number of hydrogen-bond donors (Lipinski definition) is 1. The van der Waals surface area contributed by atoms with Crippen molar-refractivity contribution in [3.63, 3.8) is 0 Å². The molecular weight excluding hydrogens is 236 g/mol. The molecule has 2 unspecified atom stereocenters. The molecule has 2 atom stereocenters. The van der Waals surface area contributed by atoms with Gasteiger partial charge in [0.25, 0.3) is 0 Å². The minimum Gasteiger partial charge on any atom is -0.493 e. The molecule has 2 heterocycles. The van der Waals surface area contributed by atoms with E-state index in [1.54, 1.807) is 0 Å². The summed E-state index contributed by atoms with van der Waals surface area (Å²) < 4.78 is 0. The van der Waals surface area contributed by atoms with E-state index >= 15 is 0 Å². The van der Waals surface area contributed by atoms with Gasteiger partial charge in [-0.1, -0.05) is 48.6 Å². The van der Waals surface area contributed by atoms with E-state index in [2.05, 4.69) is 47.2 Å². The number of amidine groups is 1. The van der Waals surface area contributed by atoms with E-state index in [-0.39, 0.29) is 18.0 Å². The highest BCUT2D eigenvalue weighted by molar-refractivity contribution is 6.04. The molecule has 0 amide bonds. The van der Waals surface area contributed by atoms with E-state index in [4.69, 9.17) is 0 Å². The van der Waals surface area contributed by atoms with Crippen molar-refractivity contribution < 1.29 is 5.11 Å². The molecule has 1 N–H and O–H groups in total. The summed E-state index contributed by atoms with van der Waals surface area (Å²) in [5, 5.41) is 10.1. The second kappa shape index (κ2) is 3.60. The van der Waals surface area contributed by atoms with Crippen LogP contribution in [-0.2, 0) is 0 Å². The zero-order valence-corrected chi connectivity index (χ0v) is 10.6. The molecule has 4 rings (SSSR count). The van der Waals surface area contributed by atoms with Crippen LogP contribution in [0, 0.1) is 0 Å². The highest BCUT2D eigenvalue weighted by Crippen LogP contribution is 2.38. The van der Waals surface area contributed by atoms with Gasteiger partial charge in [0.2, 0.25) is 5.88 Å². The van der Waals surface area contributed by atoms with Gasteiger partial charge in [-0.2, -0.15) is 4.99 Å². The number of hydrogen-bond acceptors (Lipinski definition) is 3. The van der Waals surface area contributed by atoms with Crippen LogP contribution in [0.1, 0.15) is 6.92 Å². The summed E-state index contributed by atoms with van der Waals surface area (Å²) in [5.41, 5.74) is 3.31. The average molecular weight is 250 g/mol. The van der Waals surface area contributed by atoms with Crippen molar-refractivity contribution in [1.82, 2.24) is 4.90 Å². The molecule has 0 spiro atoms. The van der Waals surface area contributed by atoms with Crippen LogP contribution >= 0.6 is 0 Å². The Morgan fingerprint density at radius 1 is 1.00 bits per heavy atom. The maximum Gasteiger partial charge on any atom is 0.218 e. The van der Waals surface area contributed by atoms with Crippen LogP contribution < -0.4 is 0 Å². The van der Waals surface area contributed by atoms with Crippen LogP contribution in [-0.4, -0.2) is 27.9 Å². The van der Waals surface area contributed by atoms with Crippen molar-refractivity contribution in [3.8, 4) is 0 Å². The first-order valence-electron chi connectivity index (χ1n) is 6.48. The van der Waals surface area contributed by atoms with Crippen molar-refractivity contribution in [2.24, 2.45) is 4.99 Å². The number of rotatable bonds is 0. The fourth-order valence-electron chi connectivity index (χ4n) is 3.17. The maximum atomic E-state index is 10.1. The monoisotopic (exact) mass is 250 g/mol. The molecule has 3 heteroatoms. The molecule has 94 valence electrons. The summed E-state index contributed by atoms with van der Waals surface area (Å²) in [6.07, 6.45) is 16.5. The number of aliphatic hydroxyl groups is 1. The Balaban J connectivity index is 1.92. The Morgan fingerprint density at radius 2 is 1.63 bits per heavy atom. The zero-order valence-electron chi connectivity index (χ0n) is 10.6. The fraction of sp³-hybridized carbons (Fsp3) is 0.188. The fourth-order valence-corrected chi connectivity index (χ4v) is 3.17. The molecule has 19 heavy (non-hydrogen) atoms. The quantitative estimate of drug-likeness (QED) is 0.717. The first-order valence-corrected chi connectivity index (χ1v) is 6.48. The highest BCUT2D eigenvalue weighted by atomic mass is 16.3. The largest absolute Gasteiger partial charge is 0.493 e. The lowest BCUT2D eigenvalue weighted by molar-refractivity contribution is 0.331. The van der Waals surface area contributed by atoms with E-state index in [0.717, 1.165) is 17.0 Å². The van der Waals surface area contributed by atoms with Crippen molar-refractivity contribution in [2.75, 3.05) is 0 Å². The molecule has 0 bridgehead atoms. The molecule has 4 aliphatic rings. The van der Waals surface area contributed by atoms with Gasteiger partial charge in [-0.25, -0.2) is 0 Å². The zero-order chi connectivity index (χ0) is 13.0. The van der Waals surface area contributed by atoms with E-state index < -0.39 is 0 Å². The number of fused-ring (bicyclic) bond motifs is 5. The van der Waals surface area contributed by atoms with Crippen molar-refractivity contribution in [2.45, 2.75) is 19.0 Å². The Hall–Kier alpha value is -2.29. The van der Waals surface area contributed by atoms with Crippen LogP contribution in [0.3, 0.4) is 0 Å². The van der Waals surface area contributed by atoms with Crippen LogP contribution in [0.2, 0.25) is 0 Å². The van der Waals surface area contributed by atoms with Gasteiger partial charge in [-0.15, -0.1) is 0 Å². The molecule has 0 saturated heterocycles. The van der Waals surface area contributed by atoms with Crippen LogP contribution in [0.15, 0.2) is 76.2 Å². The summed E-state index contributed by atoms with van der Waals surface area (Å²) in [7, 11) is 0. The van der Waals surface area contributed by atoms with Crippen LogP contribution in [0.4, 0.5) is 0 Å². The lowest BCUT2D eigenvalue weighted by Gasteiger charge is -2.37. The molecule has 0 aromatic carbocycles. The van der Waals surface area contributed by atoms with Gasteiger partial charge in [0, 0.05) is 5.57 Å². The summed E-state index contributed by atoms with van der Waals surface area (Å²) in [6, 6.07) is 0.305. The number of allylic oxidation sites excluding steroid dienone is 4. The third kappa shape index (κ3) is 1.30. The van der Waals surface area contributed by atoms with Crippen LogP contribution in [0.5, 0.6) is 0 Å². The standard InChI is InChI=1S/C16H14N2O/c1-10-11-6-2-4-8-13(11)18-14-9-5-3-7-12(14)16(19)17-15(10)18/h2-9,13-14,19H,1H3. The SMILES string of the molecule is CC1=C2C=CC=CC2N2C1=NC(O)=C1C=CC=CC12. The molecule has 2 aliphatic heterocycles. The summed E-state index contributed by atoms with van der Waals surface area (Å²) in [6.45, 7) is 2.07. The predicted octanol–water partition coefficient (Wildman–Crippen LogP) is 2.79. The number of aliphatic imine (C=N–C) groups is 1. The van der Waals surface area contributed by atoms with E-state index in [1.807, 2.05) is 18.2 Å². The first kappa shape index (κ1) is 10.6.